The van der Waals surface area contributed by atoms with Gasteiger partial charge in [0.15, 0.2) is 0 Å². The summed E-state index contributed by atoms with van der Waals surface area (Å²) in [6.45, 7) is 3.75. The van der Waals surface area contributed by atoms with E-state index in [1.165, 1.54) is 6.07 Å². The van der Waals surface area contributed by atoms with Gasteiger partial charge in [-0.25, -0.2) is 4.98 Å². The van der Waals surface area contributed by atoms with Gasteiger partial charge in [-0.3, -0.25) is 10.1 Å². The molecule has 94 valence electrons. The predicted octanol–water partition coefficient (Wildman–Crippen LogP) is 2.85. The largest absolute Gasteiger partial charge is 0.367 e. The molecule has 0 aliphatic heterocycles. The Hall–Kier alpha value is -1.30. The van der Waals surface area contributed by atoms with E-state index in [2.05, 4.69) is 23.5 Å². The van der Waals surface area contributed by atoms with E-state index < -0.39 is 4.92 Å². The van der Waals surface area contributed by atoms with Gasteiger partial charge in [0.1, 0.15) is 11.5 Å². The number of nitro groups is 1. The first-order chi connectivity index (χ1) is 8.08. The molecule has 0 saturated heterocycles. The van der Waals surface area contributed by atoms with Gasteiger partial charge in [0, 0.05) is 17.9 Å². The maximum atomic E-state index is 10.7. The van der Waals surface area contributed by atoms with Crippen LogP contribution >= 0.6 is 11.8 Å². The van der Waals surface area contributed by atoms with Crippen LogP contribution in [0, 0.1) is 17.0 Å². The highest BCUT2D eigenvalue weighted by atomic mass is 32.2. The Kier molecular flexibility index (Phi) is 5.21. The first-order valence-electron chi connectivity index (χ1n) is 5.46. The molecule has 0 radical (unpaired) electrons. The van der Waals surface area contributed by atoms with Crippen molar-refractivity contribution in [1.29, 1.82) is 0 Å². The monoisotopic (exact) mass is 255 g/mol. The third kappa shape index (κ3) is 3.89. The van der Waals surface area contributed by atoms with Gasteiger partial charge in [-0.1, -0.05) is 6.92 Å². The number of nitrogens with zero attached hydrogens (tertiary/aromatic N) is 2. The fourth-order valence-corrected chi connectivity index (χ4v) is 2.22. The van der Waals surface area contributed by atoms with Crippen LogP contribution in [0.3, 0.4) is 0 Å². The van der Waals surface area contributed by atoms with E-state index >= 15 is 0 Å². The van der Waals surface area contributed by atoms with Gasteiger partial charge in [-0.05, 0) is 25.7 Å². The lowest BCUT2D eigenvalue weighted by Crippen LogP contribution is -2.21. The van der Waals surface area contributed by atoms with Crippen molar-refractivity contribution in [1.82, 2.24) is 4.98 Å². The van der Waals surface area contributed by atoms with Crippen LogP contribution in [0.5, 0.6) is 0 Å². The third-order valence-electron chi connectivity index (χ3n) is 2.47. The summed E-state index contributed by atoms with van der Waals surface area (Å²) in [6, 6.07) is 3.50. The van der Waals surface area contributed by atoms with Gasteiger partial charge in [-0.15, -0.1) is 0 Å². The molecule has 0 fully saturated rings. The number of nitrogens with one attached hydrogen (secondary N) is 1. The fraction of sp³-hybridized carbons (Fsp3) is 0.545. The maximum absolute atomic E-state index is 10.7. The van der Waals surface area contributed by atoms with E-state index in [1.54, 1.807) is 24.8 Å². The van der Waals surface area contributed by atoms with Crippen molar-refractivity contribution in [2.24, 2.45) is 0 Å². The molecule has 1 unspecified atom stereocenters. The zero-order valence-corrected chi connectivity index (χ0v) is 11.1. The molecule has 0 saturated carbocycles. The molecular weight excluding hydrogens is 238 g/mol. The molecule has 1 heterocycles. The highest BCUT2D eigenvalue weighted by Crippen LogP contribution is 2.19. The van der Waals surface area contributed by atoms with Crippen molar-refractivity contribution < 1.29 is 4.92 Å². The minimum atomic E-state index is -0.411. The molecule has 1 N–H and O–H groups in total. The number of anilines is 1. The van der Waals surface area contributed by atoms with Crippen molar-refractivity contribution in [2.75, 3.05) is 17.3 Å². The number of pyridine rings is 1. The van der Waals surface area contributed by atoms with Crippen LogP contribution in [-0.4, -0.2) is 28.0 Å². The highest BCUT2D eigenvalue weighted by Gasteiger charge is 2.13. The molecule has 0 aromatic carbocycles. The summed E-state index contributed by atoms with van der Waals surface area (Å²) < 4.78 is 0. The van der Waals surface area contributed by atoms with Crippen LogP contribution < -0.4 is 5.32 Å². The van der Waals surface area contributed by atoms with Crippen molar-refractivity contribution >= 4 is 23.3 Å². The normalized spacial score (nSPS) is 12.2. The lowest BCUT2D eigenvalue weighted by Gasteiger charge is -2.16. The van der Waals surface area contributed by atoms with E-state index in [9.17, 15) is 10.1 Å². The van der Waals surface area contributed by atoms with Gasteiger partial charge in [0.2, 0.25) is 0 Å². The zero-order chi connectivity index (χ0) is 12.8. The third-order valence-corrected chi connectivity index (χ3v) is 3.20. The SMILES string of the molecule is CCC(CSC)Nc1ccc([N+](=O)[O-])c(C)n1. The van der Waals surface area contributed by atoms with Crippen LogP contribution in [0.4, 0.5) is 11.5 Å². The number of hydrogen-bond acceptors (Lipinski definition) is 5. The van der Waals surface area contributed by atoms with E-state index in [4.69, 9.17) is 0 Å². The lowest BCUT2D eigenvalue weighted by atomic mass is 10.2. The first-order valence-corrected chi connectivity index (χ1v) is 6.85. The Bertz CT molecular complexity index is 398. The molecule has 0 spiro atoms. The standard InChI is InChI=1S/C11H17N3O2S/c1-4-9(7-17-3)13-11-6-5-10(14(15)16)8(2)12-11/h5-6,9H,4,7H2,1-3H3,(H,12,13). The summed E-state index contributed by atoms with van der Waals surface area (Å²) in [5, 5.41) is 13.9. The van der Waals surface area contributed by atoms with Crippen molar-refractivity contribution in [3.05, 3.63) is 27.9 Å². The van der Waals surface area contributed by atoms with E-state index in [0.29, 0.717) is 17.6 Å². The number of hydrogen-bond donors (Lipinski definition) is 1. The lowest BCUT2D eigenvalue weighted by molar-refractivity contribution is -0.385. The Morgan fingerprint density at radius 2 is 2.29 bits per heavy atom. The summed E-state index contributed by atoms with van der Waals surface area (Å²) in [7, 11) is 0. The summed E-state index contributed by atoms with van der Waals surface area (Å²) >= 11 is 1.77. The number of thioether (sulfide) groups is 1. The first kappa shape index (κ1) is 13.8. The molecule has 0 aliphatic rings. The Morgan fingerprint density at radius 3 is 2.76 bits per heavy atom. The summed E-state index contributed by atoms with van der Waals surface area (Å²) in [6.07, 6.45) is 3.05. The van der Waals surface area contributed by atoms with Crippen molar-refractivity contribution in [3.8, 4) is 0 Å². The number of aromatic nitrogens is 1. The van der Waals surface area contributed by atoms with Gasteiger partial charge in [0.05, 0.1) is 4.92 Å². The van der Waals surface area contributed by atoms with Crippen LogP contribution in [-0.2, 0) is 0 Å². The fourth-order valence-electron chi connectivity index (χ4n) is 1.50. The molecule has 1 aromatic rings. The molecule has 0 bridgehead atoms. The number of aryl methyl sites for hydroxylation is 1. The van der Waals surface area contributed by atoms with Gasteiger partial charge in [-0.2, -0.15) is 11.8 Å². The topological polar surface area (TPSA) is 68.1 Å². The molecule has 5 nitrogen and oxygen atoms in total. The average Bonchev–Trinajstić information content (AvgIpc) is 2.28. The highest BCUT2D eigenvalue weighted by molar-refractivity contribution is 7.98. The van der Waals surface area contributed by atoms with Gasteiger partial charge >= 0.3 is 0 Å². The second-order valence-electron chi connectivity index (χ2n) is 3.76. The maximum Gasteiger partial charge on any atom is 0.290 e. The second kappa shape index (κ2) is 6.44. The molecule has 1 rings (SSSR count). The molecular formula is C11H17N3O2S. The van der Waals surface area contributed by atoms with Crippen molar-refractivity contribution in [3.63, 3.8) is 0 Å². The minimum absolute atomic E-state index is 0.0634. The second-order valence-corrected chi connectivity index (χ2v) is 4.67. The number of rotatable bonds is 6. The Morgan fingerprint density at radius 1 is 1.59 bits per heavy atom. The smallest absolute Gasteiger partial charge is 0.290 e. The summed E-state index contributed by atoms with van der Waals surface area (Å²) in [4.78, 5) is 14.4. The van der Waals surface area contributed by atoms with Crippen LogP contribution in [0.1, 0.15) is 19.0 Å². The predicted molar refractivity (Wildman–Crippen MR) is 71.7 cm³/mol. The van der Waals surface area contributed by atoms with E-state index in [0.717, 1.165) is 12.2 Å². The molecule has 0 aliphatic carbocycles. The summed E-state index contributed by atoms with van der Waals surface area (Å²) in [5.41, 5.74) is 0.507. The zero-order valence-electron chi connectivity index (χ0n) is 10.3. The molecule has 1 aromatic heterocycles. The van der Waals surface area contributed by atoms with Gasteiger partial charge in [0.25, 0.3) is 5.69 Å². The van der Waals surface area contributed by atoms with E-state index in [-0.39, 0.29) is 5.69 Å². The Balaban J connectivity index is 2.79. The Labute approximate surface area is 105 Å². The van der Waals surface area contributed by atoms with Gasteiger partial charge < -0.3 is 5.32 Å². The minimum Gasteiger partial charge on any atom is -0.367 e. The van der Waals surface area contributed by atoms with Crippen LogP contribution in [0.15, 0.2) is 12.1 Å². The van der Waals surface area contributed by atoms with Crippen molar-refractivity contribution in [2.45, 2.75) is 26.3 Å². The average molecular weight is 255 g/mol. The molecule has 6 heteroatoms. The van der Waals surface area contributed by atoms with Crippen LogP contribution in [0.25, 0.3) is 0 Å². The van der Waals surface area contributed by atoms with Crippen LogP contribution in [0.2, 0.25) is 0 Å². The molecule has 17 heavy (non-hydrogen) atoms. The molecule has 1 atom stereocenters. The molecule has 0 amide bonds. The van der Waals surface area contributed by atoms with E-state index in [1.807, 2.05) is 0 Å². The quantitative estimate of drug-likeness (QED) is 0.625. The summed E-state index contributed by atoms with van der Waals surface area (Å²) in [5.74, 6) is 1.70.